The van der Waals surface area contributed by atoms with Gasteiger partial charge in [-0.15, -0.1) is 0 Å². The van der Waals surface area contributed by atoms with Crippen LogP contribution in [0.15, 0.2) is 24.3 Å². The number of urea groups is 1. The van der Waals surface area contributed by atoms with Crippen molar-refractivity contribution >= 4 is 29.2 Å². The number of nitrogens with one attached hydrogen (secondary N) is 2. The van der Waals surface area contributed by atoms with E-state index in [4.69, 9.17) is 0 Å². The van der Waals surface area contributed by atoms with Gasteiger partial charge in [0.2, 0.25) is 11.8 Å². The summed E-state index contributed by atoms with van der Waals surface area (Å²) in [6, 6.07) is 6.78. The molecular formula is C18H26N4O3. The molecule has 7 nitrogen and oxygen atoms in total. The van der Waals surface area contributed by atoms with E-state index >= 15 is 0 Å². The van der Waals surface area contributed by atoms with Crippen molar-refractivity contribution in [3.63, 3.8) is 0 Å². The highest BCUT2D eigenvalue weighted by Gasteiger charge is 2.26. The Morgan fingerprint density at radius 3 is 2.56 bits per heavy atom. The Hall–Kier alpha value is -2.57. The third kappa shape index (κ3) is 4.95. The van der Waals surface area contributed by atoms with Gasteiger partial charge in [-0.2, -0.15) is 0 Å². The second kappa shape index (κ2) is 9.05. The van der Waals surface area contributed by atoms with Gasteiger partial charge < -0.3 is 15.5 Å². The number of hydrogen-bond donors (Lipinski definition) is 2. The molecule has 1 aliphatic heterocycles. The van der Waals surface area contributed by atoms with Crippen LogP contribution in [0.5, 0.6) is 0 Å². The second-order valence-corrected chi connectivity index (χ2v) is 6.01. The number of benzene rings is 1. The molecule has 2 N–H and O–H groups in total. The van der Waals surface area contributed by atoms with E-state index in [1.165, 1.54) is 4.90 Å². The van der Waals surface area contributed by atoms with Crippen LogP contribution in [-0.4, -0.2) is 48.9 Å². The van der Waals surface area contributed by atoms with E-state index in [1.54, 1.807) is 18.2 Å². The Morgan fingerprint density at radius 1 is 1.20 bits per heavy atom. The van der Waals surface area contributed by atoms with Gasteiger partial charge in [0.05, 0.1) is 11.4 Å². The SMILES string of the molecule is CCCN(CCC)C(=O)CCNC(=O)N1CC(=O)Nc2ccccc21. The van der Waals surface area contributed by atoms with Crippen molar-refractivity contribution in [3.05, 3.63) is 24.3 Å². The number of carbonyl (C=O) groups is 3. The summed E-state index contributed by atoms with van der Waals surface area (Å²) in [5.74, 6) is -0.192. The Morgan fingerprint density at radius 2 is 1.88 bits per heavy atom. The van der Waals surface area contributed by atoms with Crippen molar-refractivity contribution in [2.75, 3.05) is 36.4 Å². The maximum atomic E-state index is 12.4. The summed E-state index contributed by atoms with van der Waals surface area (Å²) in [4.78, 5) is 39.6. The normalized spacial score (nSPS) is 13.0. The van der Waals surface area contributed by atoms with Crippen LogP contribution in [0.2, 0.25) is 0 Å². The largest absolute Gasteiger partial charge is 0.343 e. The number of hydrogen-bond acceptors (Lipinski definition) is 3. The molecule has 0 fully saturated rings. The molecule has 0 bridgehead atoms. The summed E-state index contributed by atoms with van der Waals surface area (Å²) in [5.41, 5.74) is 1.27. The zero-order chi connectivity index (χ0) is 18.2. The fourth-order valence-electron chi connectivity index (χ4n) is 2.85. The first-order chi connectivity index (χ1) is 12.1. The average Bonchev–Trinajstić information content (AvgIpc) is 2.60. The lowest BCUT2D eigenvalue weighted by molar-refractivity contribution is -0.131. The van der Waals surface area contributed by atoms with Crippen molar-refractivity contribution in [1.82, 2.24) is 10.2 Å². The number of rotatable bonds is 7. The average molecular weight is 346 g/mol. The number of fused-ring (bicyclic) bond motifs is 1. The molecule has 1 aliphatic rings. The maximum absolute atomic E-state index is 12.4. The van der Waals surface area contributed by atoms with Gasteiger partial charge in [-0.3, -0.25) is 14.5 Å². The third-order valence-electron chi connectivity index (χ3n) is 3.97. The first kappa shape index (κ1) is 18.8. The molecule has 1 aromatic carbocycles. The van der Waals surface area contributed by atoms with E-state index in [2.05, 4.69) is 10.6 Å². The Bertz CT molecular complexity index is 627. The summed E-state index contributed by atoms with van der Waals surface area (Å²) in [6.07, 6.45) is 2.09. The minimum Gasteiger partial charge on any atom is -0.343 e. The van der Waals surface area contributed by atoms with Crippen molar-refractivity contribution in [3.8, 4) is 0 Å². The lowest BCUT2D eigenvalue weighted by Gasteiger charge is -2.29. The molecule has 0 atom stereocenters. The maximum Gasteiger partial charge on any atom is 0.322 e. The number of para-hydroxylation sites is 2. The first-order valence-corrected chi connectivity index (χ1v) is 8.78. The summed E-state index contributed by atoms with van der Waals surface area (Å²) >= 11 is 0. The van der Waals surface area contributed by atoms with Gasteiger partial charge >= 0.3 is 6.03 Å². The second-order valence-electron chi connectivity index (χ2n) is 6.01. The smallest absolute Gasteiger partial charge is 0.322 e. The summed E-state index contributed by atoms with van der Waals surface area (Å²) in [5, 5.41) is 5.48. The molecule has 1 heterocycles. The summed E-state index contributed by atoms with van der Waals surface area (Å²) < 4.78 is 0. The number of carbonyl (C=O) groups excluding carboxylic acids is 3. The highest BCUT2D eigenvalue weighted by atomic mass is 16.2. The van der Waals surface area contributed by atoms with Crippen LogP contribution in [0.25, 0.3) is 0 Å². The van der Waals surface area contributed by atoms with Crippen LogP contribution in [0, 0.1) is 0 Å². The number of anilines is 2. The highest BCUT2D eigenvalue weighted by molar-refractivity contribution is 6.09. The zero-order valence-electron chi connectivity index (χ0n) is 14.9. The third-order valence-corrected chi connectivity index (χ3v) is 3.97. The van der Waals surface area contributed by atoms with Gasteiger partial charge in [-0.25, -0.2) is 4.79 Å². The summed E-state index contributed by atoms with van der Waals surface area (Å²) in [6.45, 7) is 5.77. The Balaban J connectivity index is 1.90. The van der Waals surface area contributed by atoms with Crippen molar-refractivity contribution in [2.45, 2.75) is 33.1 Å². The summed E-state index contributed by atoms with van der Waals surface area (Å²) in [7, 11) is 0. The van der Waals surface area contributed by atoms with Gasteiger partial charge in [0, 0.05) is 26.1 Å². The molecule has 0 aromatic heterocycles. The fraction of sp³-hybridized carbons (Fsp3) is 0.500. The molecule has 4 amide bonds. The van der Waals surface area contributed by atoms with Crippen molar-refractivity contribution in [2.24, 2.45) is 0 Å². The van der Waals surface area contributed by atoms with Gasteiger partial charge in [0.25, 0.3) is 0 Å². The minimum atomic E-state index is -0.368. The van der Waals surface area contributed by atoms with Gasteiger partial charge in [-0.1, -0.05) is 26.0 Å². The molecule has 0 radical (unpaired) electrons. The van der Waals surface area contributed by atoms with Gasteiger partial charge in [0.15, 0.2) is 0 Å². The molecular weight excluding hydrogens is 320 g/mol. The quantitative estimate of drug-likeness (QED) is 0.794. The monoisotopic (exact) mass is 346 g/mol. The van der Waals surface area contributed by atoms with Crippen molar-refractivity contribution in [1.29, 1.82) is 0 Å². The molecule has 2 rings (SSSR count). The van der Waals surface area contributed by atoms with Crippen LogP contribution >= 0.6 is 0 Å². The first-order valence-electron chi connectivity index (χ1n) is 8.78. The highest BCUT2D eigenvalue weighted by Crippen LogP contribution is 2.28. The van der Waals surface area contributed by atoms with Crippen LogP contribution in [0.4, 0.5) is 16.2 Å². The lowest BCUT2D eigenvalue weighted by atomic mass is 10.2. The molecule has 7 heteroatoms. The van der Waals surface area contributed by atoms with E-state index in [1.807, 2.05) is 24.8 Å². The predicted molar refractivity (Wildman–Crippen MR) is 97.6 cm³/mol. The van der Waals surface area contributed by atoms with E-state index in [0.29, 0.717) is 11.4 Å². The Labute approximate surface area is 148 Å². The number of nitrogens with zero attached hydrogens (tertiary/aromatic N) is 2. The van der Waals surface area contributed by atoms with Gasteiger partial charge in [0.1, 0.15) is 6.54 Å². The van der Waals surface area contributed by atoms with Crippen LogP contribution in [0.3, 0.4) is 0 Å². The van der Waals surface area contributed by atoms with E-state index in [0.717, 1.165) is 25.9 Å². The van der Waals surface area contributed by atoms with Gasteiger partial charge in [-0.05, 0) is 25.0 Å². The van der Waals surface area contributed by atoms with E-state index < -0.39 is 0 Å². The molecule has 0 aliphatic carbocycles. The molecule has 0 spiro atoms. The molecule has 0 unspecified atom stereocenters. The van der Waals surface area contributed by atoms with E-state index in [9.17, 15) is 14.4 Å². The minimum absolute atomic E-state index is 0.0331. The van der Waals surface area contributed by atoms with Crippen LogP contribution < -0.4 is 15.5 Å². The predicted octanol–water partition coefficient (Wildman–Crippen LogP) is 2.19. The van der Waals surface area contributed by atoms with E-state index in [-0.39, 0.29) is 37.4 Å². The lowest BCUT2D eigenvalue weighted by Crippen LogP contribution is -2.47. The van der Waals surface area contributed by atoms with Crippen LogP contribution in [-0.2, 0) is 9.59 Å². The molecule has 1 aromatic rings. The van der Waals surface area contributed by atoms with Crippen LogP contribution in [0.1, 0.15) is 33.1 Å². The zero-order valence-corrected chi connectivity index (χ0v) is 14.9. The molecule has 136 valence electrons. The standard InChI is InChI=1S/C18H26N4O3/c1-3-11-21(12-4-2)17(24)9-10-19-18(25)22-13-16(23)20-14-7-5-6-8-15(14)22/h5-8H,3-4,9-13H2,1-2H3,(H,19,25)(H,20,23). The fourth-order valence-corrected chi connectivity index (χ4v) is 2.85. The number of amides is 4. The molecule has 0 saturated heterocycles. The topological polar surface area (TPSA) is 81.8 Å². The van der Waals surface area contributed by atoms with Crippen molar-refractivity contribution < 1.29 is 14.4 Å². The Kier molecular flexibility index (Phi) is 6.80. The molecule has 25 heavy (non-hydrogen) atoms. The molecule has 0 saturated carbocycles.